The Morgan fingerprint density at radius 1 is 1.50 bits per heavy atom. The van der Waals surface area contributed by atoms with Crippen LogP contribution in [0.2, 0.25) is 0 Å². The predicted molar refractivity (Wildman–Crippen MR) is 82.1 cm³/mol. The lowest BCUT2D eigenvalue weighted by Crippen LogP contribution is -2.28. The Kier molecular flexibility index (Phi) is 5.23. The molecule has 1 aromatic rings. The minimum Gasteiger partial charge on any atom is -0.462 e. The van der Waals surface area contributed by atoms with Crippen LogP contribution in [-0.4, -0.2) is 23.0 Å². The number of aromatic nitrogens is 1. The van der Waals surface area contributed by atoms with E-state index in [4.69, 9.17) is 10.5 Å². The molecule has 1 saturated carbocycles. The van der Waals surface area contributed by atoms with E-state index in [-0.39, 0.29) is 5.82 Å². The van der Waals surface area contributed by atoms with Crippen LogP contribution in [0, 0.1) is 5.92 Å². The number of ether oxygens (including phenoxy) is 1. The van der Waals surface area contributed by atoms with Gasteiger partial charge < -0.3 is 15.8 Å². The second-order valence-electron chi connectivity index (χ2n) is 5.32. The number of nitrogens with two attached hydrogens (primary N) is 1. The lowest BCUT2D eigenvalue weighted by Gasteiger charge is -2.28. The molecule has 1 aliphatic rings. The van der Waals surface area contributed by atoms with Crippen LogP contribution in [-0.2, 0) is 4.74 Å². The number of hydrogen-bond acceptors (Lipinski definition) is 6. The third-order valence-corrected chi connectivity index (χ3v) is 4.71. The van der Waals surface area contributed by atoms with Crippen LogP contribution in [0.25, 0.3) is 0 Å². The Balaban J connectivity index is 2.06. The van der Waals surface area contributed by atoms with Gasteiger partial charge in [-0.25, -0.2) is 4.79 Å². The maximum atomic E-state index is 11.9. The van der Waals surface area contributed by atoms with Crippen LogP contribution in [0.1, 0.15) is 56.3 Å². The standard InChI is InChI=1S/C14H23N3O2S/c1-3-19-14(18)11-12(15)17-20-13(11)16-9(2)10-7-5-4-6-8-10/h9-10,16H,3-8H2,1-2H3,(H2,15,17). The minimum absolute atomic E-state index is 0.256. The lowest BCUT2D eigenvalue weighted by molar-refractivity contribution is 0.0529. The number of carbonyl (C=O) groups excluding carboxylic acids is 1. The first-order chi connectivity index (χ1) is 9.63. The molecule has 0 aromatic carbocycles. The Morgan fingerprint density at radius 3 is 2.85 bits per heavy atom. The second kappa shape index (κ2) is 6.92. The number of carbonyl (C=O) groups is 1. The molecule has 0 bridgehead atoms. The first kappa shape index (κ1) is 15.1. The van der Waals surface area contributed by atoms with Crippen LogP contribution in [0.5, 0.6) is 0 Å². The topological polar surface area (TPSA) is 77.2 Å². The van der Waals surface area contributed by atoms with Gasteiger partial charge in [0.1, 0.15) is 10.6 Å². The molecule has 112 valence electrons. The van der Waals surface area contributed by atoms with E-state index < -0.39 is 5.97 Å². The Morgan fingerprint density at radius 2 is 2.20 bits per heavy atom. The van der Waals surface area contributed by atoms with Crippen molar-refractivity contribution in [2.45, 2.75) is 52.0 Å². The van der Waals surface area contributed by atoms with Gasteiger partial charge in [-0.15, -0.1) is 0 Å². The van der Waals surface area contributed by atoms with E-state index in [9.17, 15) is 4.79 Å². The molecule has 0 spiro atoms. The van der Waals surface area contributed by atoms with Crippen molar-refractivity contribution in [1.29, 1.82) is 0 Å². The summed E-state index contributed by atoms with van der Waals surface area (Å²) >= 11 is 1.24. The zero-order valence-electron chi connectivity index (χ0n) is 12.1. The average Bonchev–Trinajstić information content (AvgIpc) is 2.81. The van der Waals surface area contributed by atoms with Gasteiger partial charge in [-0.3, -0.25) is 0 Å². The summed E-state index contributed by atoms with van der Waals surface area (Å²) in [5.41, 5.74) is 6.17. The monoisotopic (exact) mass is 297 g/mol. The summed E-state index contributed by atoms with van der Waals surface area (Å²) in [6.45, 7) is 4.29. The van der Waals surface area contributed by atoms with Crippen LogP contribution >= 0.6 is 11.5 Å². The number of hydrogen-bond donors (Lipinski definition) is 2. The summed E-state index contributed by atoms with van der Waals surface area (Å²) in [4.78, 5) is 11.9. The van der Waals surface area contributed by atoms with E-state index in [1.54, 1.807) is 6.92 Å². The van der Waals surface area contributed by atoms with Crippen LogP contribution in [0.15, 0.2) is 0 Å². The number of esters is 1. The molecule has 6 heteroatoms. The Bertz CT molecular complexity index is 455. The molecule has 1 aliphatic carbocycles. The number of anilines is 2. The van der Waals surface area contributed by atoms with Crippen LogP contribution < -0.4 is 11.1 Å². The van der Waals surface area contributed by atoms with Crippen molar-refractivity contribution >= 4 is 28.3 Å². The van der Waals surface area contributed by atoms with Crippen molar-refractivity contribution in [2.24, 2.45) is 5.92 Å². The summed E-state index contributed by atoms with van der Waals surface area (Å²) < 4.78 is 9.12. The molecular formula is C14H23N3O2S. The largest absolute Gasteiger partial charge is 0.462 e. The minimum atomic E-state index is -0.392. The zero-order valence-corrected chi connectivity index (χ0v) is 13.0. The maximum absolute atomic E-state index is 11.9. The number of nitrogens with one attached hydrogen (secondary N) is 1. The van der Waals surface area contributed by atoms with Gasteiger partial charge in [0.25, 0.3) is 0 Å². The lowest BCUT2D eigenvalue weighted by atomic mass is 9.84. The van der Waals surface area contributed by atoms with E-state index in [0.29, 0.717) is 24.1 Å². The first-order valence-corrected chi connectivity index (χ1v) is 8.09. The van der Waals surface area contributed by atoms with Gasteiger partial charge in [0.05, 0.1) is 6.61 Å². The van der Waals surface area contributed by atoms with Gasteiger partial charge in [-0.1, -0.05) is 19.3 Å². The molecule has 1 fully saturated rings. The highest BCUT2D eigenvalue weighted by molar-refractivity contribution is 7.11. The van der Waals surface area contributed by atoms with Gasteiger partial charge in [0, 0.05) is 6.04 Å². The quantitative estimate of drug-likeness (QED) is 0.816. The van der Waals surface area contributed by atoms with Crippen LogP contribution in [0.3, 0.4) is 0 Å². The van der Waals surface area contributed by atoms with Gasteiger partial charge >= 0.3 is 5.97 Å². The van der Waals surface area contributed by atoms with E-state index in [1.807, 2.05) is 0 Å². The molecule has 1 aromatic heterocycles. The molecule has 1 heterocycles. The average molecular weight is 297 g/mol. The smallest absolute Gasteiger partial charge is 0.344 e. The fourth-order valence-corrected chi connectivity index (χ4v) is 3.56. The van der Waals surface area contributed by atoms with E-state index in [1.165, 1.54) is 43.6 Å². The highest BCUT2D eigenvalue weighted by Crippen LogP contribution is 2.32. The molecule has 3 N–H and O–H groups in total. The molecule has 1 atom stereocenters. The van der Waals surface area contributed by atoms with E-state index in [2.05, 4.69) is 16.6 Å². The second-order valence-corrected chi connectivity index (χ2v) is 6.10. The fourth-order valence-electron chi connectivity index (χ4n) is 2.76. The third-order valence-electron chi connectivity index (χ3n) is 3.91. The van der Waals surface area contributed by atoms with Gasteiger partial charge in [-0.05, 0) is 44.1 Å². The molecule has 0 aliphatic heterocycles. The first-order valence-electron chi connectivity index (χ1n) is 7.32. The molecular weight excluding hydrogens is 274 g/mol. The van der Waals surface area contributed by atoms with Gasteiger partial charge in [0.2, 0.25) is 0 Å². The Labute approximate surface area is 124 Å². The molecule has 5 nitrogen and oxygen atoms in total. The fraction of sp³-hybridized carbons (Fsp3) is 0.714. The normalized spacial score (nSPS) is 17.7. The molecule has 0 saturated heterocycles. The zero-order chi connectivity index (χ0) is 14.5. The van der Waals surface area contributed by atoms with E-state index >= 15 is 0 Å². The van der Waals surface area contributed by atoms with Gasteiger partial charge in [-0.2, -0.15) is 4.37 Å². The van der Waals surface area contributed by atoms with E-state index in [0.717, 1.165) is 5.00 Å². The maximum Gasteiger partial charge on any atom is 0.344 e. The molecule has 0 amide bonds. The number of nitrogens with zero attached hydrogens (tertiary/aromatic N) is 1. The van der Waals surface area contributed by atoms with Crippen molar-refractivity contribution in [2.75, 3.05) is 17.7 Å². The SMILES string of the molecule is CCOC(=O)c1c(N)nsc1NC(C)C1CCCCC1. The Hall–Kier alpha value is -1.30. The number of rotatable bonds is 5. The summed E-state index contributed by atoms with van der Waals surface area (Å²) in [6.07, 6.45) is 6.43. The highest BCUT2D eigenvalue weighted by atomic mass is 32.1. The number of nitrogen functional groups attached to an aromatic ring is 1. The molecule has 20 heavy (non-hydrogen) atoms. The highest BCUT2D eigenvalue weighted by Gasteiger charge is 2.25. The van der Waals surface area contributed by atoms with Crippen molar-refractivity contribution in [3.63, 3.8) is 0 Å². The van der Waals surface area contributed by atoms with Crippen molar-refractivity contribution in [3.05, 3.63) is 5.56 Å². The van der Waals surface area contributed by atoms with Crippen molar-refractivity contribution < 1.29 is 9.53 Å². The molecule has 2 rings (SSSR count). The summed E-state index contributed by atoms with van der Waals surface area (Å²) in [6, 6.07) is 0.323. The van der Waals surface area contributed by atoms with Gasteiger partial charge in [0.15, 0.2) is 5.82 Å². The van der Waals surface area contributed by atoms with Crippen LogP contribution in [0.4, 0.5) is 10.8 Å². The van der Waals surface area contributed by atoms with Crippen molar-refractivity contribution in [1.82, 2.24) is 4.37 Å². The third kappa shape index (κ3) is 3.42. The molecule has 1 unspecified atom stereocenters. The predicted octanol–water partition coefficient (Wildman–Crippen LogP) is 3.28. The molecule has 0 radical (unpaired) electrons. The summed E-state index contributed by atoms with van der Waals surface area (Å²) in [7, 11) is 0. The summed E-state index contributed by atoms with van der Waals surface area (Å²) in [5, 5.41) is 4.15. The van der Waals surface area contributed by atoms with Crippen molar-refractivity contribution in [3.8, 4) is 0 Å². The summed E-state index contributed by atoms with van der Waals surface area (Å²) in [5.74, 6) is 0.519.